The van der Waals surface area contributed by atoms with Gasteiger partial charge in [-0.05, 0) is 43.4 Å². The van der Waals surface area contributed by atoms with E-state index in [0.717, 1.165) is 31.2 Å². The zero-order valence-corrected chi connectivity index (χ0v) is 12.4. The van der Waals surface area contributed by atoms with Crippen LogP contribution in [0.4, 0.5) is 0 Å². The van der Waals surface area contributed by atoms with Gasteiger partial charge in [0.1, 0.15) is 5.75 Å². The first-order chi connectivity index (χ1) is 9.01. The number of nitrogens with two attached hydrogens (primary N) is 1. The van der Waals surface area contributed by atoms with E-state index in [1.54, 1.807) is 7.11 Å². The van der Waals surface area contributed by atoms with Crippen LogP contribution in [0.25, 0.3) is 0 Å². The molecule has 0 aromatic heterocycles. The Bertz CT molecular complexity index is 392. The molecule has 3 nitrogen and oxygen atoms in total. The molecule has 2 N–H and O–H groups in total. The number of ether oxygens (including phenoxy) is 1. The van der Waals surface area contributed by atoms with Crippen molar-refractivity contribution in [2.75, 3.05) is 20.2 Å². The van der Waals surface area contributed by atoms with Crippen LogP contribution in [0.15, 0.2) is 24.3 Å². The summed E-state index contributed by atoms with van der Waals surface area (Å²) in [6.45, 7) is 6.70. The fraction of sp³-hybridized carbons (Fsp3) is 0.625. The van der Waals surface area contributed by atoms with E-state index in [4.69, 9.17) is 10.5 Å². The Morgan fingerprint density at radius 1 is 1.26 bits per heavy atom. The number of benzene rings is 1. The lowest BCUT2D eigenvalue weighted by molar-refractivity contribution is 0.0695. The standard InChI is InChI=1S/C16H26N2O/c1-13-8-10-18(11-9-13)16(2,17)12-14-4-6-15(19-3)7-5-14/h4-7,13H,8-12,17H2,1-3H3. The van der Waals surface area contributed by atoms with Gasteiger partial charge < -0.3 is 10.5 Å². The van der Waals surface area contributed by atoms with Crippen molar-refractivity contribution in [1.82, 2.24) is 4.90 Å². The van der Waals surface area contributed by atoms with Crippen LogP contribution in [0.2, 0.25) is 0 Å². The summed E-state index contributed by atoms with van der Waals surface area (Å²) in [6, 6.07) is 8.22. The van der Waals surface area contributed by atoms with Crippen LogP contribution < -0.4 is 10.5 Å². The van der Waals surface area contributed by atoms with Crippen LogP contribution >= 0.6 is 0 Å². The average Bonchev–Trinajstić information content (AvgIpc) is 2.40. The summed E-state index contributed by atoms with van der Waals surface area (Å²) in [5.74, 6) is 1.74. The maximum Gasteiger partial charge on any atom is 0.118 e. The lowest BCUT2D eigenvalue weighted by Crippen LogP contribution is -2.57. The van der Waals surface area contributed by atoms with Crippen molar-refractivity contribution in [2.45, 2.75) is 38.8 Å². The first kappa shape index (κ1) is 14.4. The molecule has 1 aliphatic heterocycles. The summed E-state index contributed by atoms with van der Waals surface area (Å²) in [7, 11) is 1.69. The Balaban J connectivity index is 1.99. The molecule has 3 heteroatoms. The van der Waals surface area contributed by atoms with E-state index in [0.29, 0.717) is 0 Å². The molecule has 1 aromatic carbocycles. The maximum absolute atomic E-state index is 6.53. The molecular weight excluding hydrogens is 236 g/mol. The normalized spacial score (nSPS) is 21.1. The first-order valence-corrected chi connectivity index (χ1v) is 7.18. The van der Waals surface area contributed by atoms with Crippen LogP contribution in [0.5, 0.6) is 5.75 Å². The lowest BCUT2D eigenvalue weighted by Gasteiger charge is -2.42. The van der Waals surface area contributed by atoms with Crippen molar-refractivity contribution in [3.63, 3.8) is 0 Å². The van der Waals surface area contributed by atoms with Crippen LogP contribution in [-0.2, 0) is 6.42 Å². The second-order valence-corrected chi connectivity index (χ2v) is 6.05. The molecule has 19 heavy (non-hydrogen) atoms. The van der Waals surface area contributed by atoms with Gasteiger partial charge in [-0.15, -0.1) is 0 Å². The molecule has 1 atom stereocenters. The SMILES string of the molecule is COc1ccc(CC(C)(N)N2CCC(C)CC2)cc1. The summed E-state index contributed by atoms with van der Waals surface area (Å²) >= 11 is 0. The van der Waals surface area contributed by atoms with Crippen molar-refractivity contribution in [1.29, 1.82) is 0 Å². The van der Waals surface area contributed by atoms with Gasteiger partial charge in [-0.1, -0.05) is 19.1 Å². The quantitative estimate of drug-likeness (QED) is 0.906. The molecule has 0 aliphatic carbocycles. The van der Waals surface area contributed by atoms with E-state index in [1.807, 2.05) is 12.1 Å². The molecule has 1 fully saturated rings. The highest BCUT2D eigenvalue weighted by Crippen LogP contribution is 2.24. The molecule has 1 aliphatic rings. The molecule has 0 radical (unpaired) electrons. The molecule has 0 spiro atoms. The minimum Gasteiger partial charge on any atom is -0.497 e. The van der Waals surface area contributed by atoms with Gasteiger partial charge >= 0.3 is 0 Å². The third kappa shape index (κ3) is 3.71. The molecule has 1 saturated heterocycles. The summed E-state index contributed by atoms with van der Waals surface area (Å²) in [6.07, 6.45) is 3.40. The Kier molecular flexibility index (Phi) is 4.48. The summed E-state index contributed by atoms with van der Waals surface area (Å²) in [5.41, 5.74) is 7.55. The van der Waals surface area contributed by atoms with E-state index < -0.39 is 0 Å². The molecular formula is C16H26N2O. The van der Waals surface area contributed by atoms with Crippen LogP contribution in [0, 0.1) is 5.92 Å². The van der Waals surface area contributed by atoms with E-state index >= 15 is 0 Å². The average molecular weight is 262 g/mol. The Labute approximate surface area is 116 Å². The summed E-state index contributed by atoms with van der Waals surface area (Å²) in [5, 5.41) is 0. The molecule has 0 saturated carbocycles. The second-order valence-electron chi connectivity index (χ2n) is 6.05. The molecule has 1 aromatic rings. The van der Waals surface area contributed by atoms with Crippen LogP contribution in [0.1, 0.15) is 32.3 Å². The van der Waals surface area contributed by atoms with Crippen LogP contribution in [0.3, 0.4) is 0 Å². The highest BCUT2D eigenvalue weighted by molar-refractivity contribution is 5.28. The zero-order chi connectivity index (χ0) is 13.9. The van der Waals surface area contributed by atoms with E-state index in [-0.39, 0.29) is 5.66 Å². The second kappa shape index (κ2) is 5.93. The van der Waals surface area contributed by atoms with Gasteiger partial charge in [0, 0.05) is 19.5 Å². The van der Waals surface area contributed by atoms with Crippen LogP contribution in [-0.4, -0.2) is 30.8 Å². The third-order valence-corrected chi connectivity index (χ3v) is 4.23. The predicted molar refractivity (Wildman–Crippen MR) is 79.3 cm³/mol. The van der Waals surface area contributed by atoms with Crippen molar-refractivity contribution in [3.8, 4) is 5.75 Å². The molecule has 106 valence electrons. The number of rotatable bonds is 4. The van der Waals surface area contributed by atoms with Crippen molar-refractivity contribution >= 4 is 0 Å². The highest BCUT2D eigenvalue weighted by Gasteiger charge is 2.30. The molecule has 2 rings (SSSR count). The first-order valence-electron chi connectivity index (χ1n) is 7.18. The van der Waals surface area contributed by atoms with Crippen molar-refractivity contribution < 1.29 is 4.74 Å². The Morgan fingerprint density at radius 2 is 1.84 bits per heavy atom. The van der Waals surface area contributed by atoms with Gasteiger partial charge in [-0.3, -0.25) is 4.90 Å². The number of likely N-dealkylation sites (tertiary alicyclic amines) is 1. The Hall–Kier alpha value is -1.06. The van der Waals surface area contributed by atoms with Gasteiger partial charge in [-0.25, -0.2) is 0 Å². The smallest absolute Gasteiger partial charge is 0.118 e. The topological polar surface area (TPSA) is 38.5 Å². The summed E-state index contributed by atoms with van der Waals surface area (Å²) in [4.78, 5) is 2.43. The Morgan fingerprint density at radius 3 is 2.37 bits per heavy atom. The fourth-order valence-electron chi connectivity index (χ4n) is 2.79. The monoisotopic (exact) mass is 262 g/mol. The number of methoxy groups -OCH3 is 1. The third-order valence-electron chi connectivity index (χ3n) is 4.23. The largest absolute Gasteiger partial charge is 0.497 e. The molecule has 1 heterocycles. The molecule has 0 bridgehead atoms. The van der Waals surface area contributed by atoms with Crippen molar-refractivity contribution in [3.05, 3.63) is 29.8 Å². The van der Waals surface area contributed by atoms with Gasteiger partial charge in [-0.2, -0.15) is 0 Å². The lowest BCUT2D eigenvalue weighted by atomic mass is 9.93. The minimum atomic E-state index is -0.255. The van der Waals surface area contributed by atoms with E-state index in [9.17, 15) is 0 Å². The van der Waals surface area contributed by atoms with Gasteiger partial charge in [0.2, 0.25) is 0 Å². The van der Waals surface area contributed by atoms with Gasteiger partial charge in [0.15, 0.2) is 0 Å². The van der Waals surface area contributed by atoms with Gasteiger partial charge in [0.25, 0.3) is 0 Å². The maximum atomic E-state index is 6.53. The zero-order valence-electron chi connectivity index (χ0n) is 12.4. The van der Waals surface area contributed by atoms with Gasteiger partial charge in [0.05, 0.1) is 12.8 Å². The number of nitrogens with zero attached hydrogens (tertiary/aromatic N) is 1. The number of piperidine rings is 1. The fourth-order valence-corrected chi connectivity index (χ4v) is 2.79. The van der Waals surface area contributed by atoms with E-state index in [1.165, 1.54) is 18.4 Å². The molecule has 0 amide bonds. The number of hydrogen-bond acceptors (Lipinski definition) is 3. The summed E-state index contributed by atoms with van der Waals surface area (Å²) < 4.78 is 5.19. The minimum absolute atomic E-state index is 0.255. The van der Waals surface area contributed by atoms with Crippen molar-refractivity contribution in [2.24, 2.45) is 11.7 Å². The molecule has 1 unspecified atom stereocenters. The number of hydrogen-bond donors (Lipinski definition) is 1. The van der Waals surface area contributed by atoms with E-state index in [2.05, 4.69) is 30.9 Å². The highest BCUT2D eigenvalue weighted by atomic mass is 16.5. The predicted octanol–water partition coefficient (Wildman–Crippen LogP) is 2.64.